The van der Waals surface area contributed by atoms with E-state index in [1.807, 2.05) is 38.1 Å². The van der Waals surface area contributed by atoms with Gasteiger partial charge in [-0.25, -0.2) is 0 Å². The highest BCUT2D eigenvalue weighted by molar-refractivity contribution is 5.92. The predicted octanol–water partition coefficient (Wildman–Crippen LogP) is 1.53. The third kappa shape index (κ3) is 3.73. The Morgan fingerprint density at radius 2 is 1.94 bits per heavy atom. The normalized spacial score (nSPS) is 9.94. The van der Waals surface area contributed by atoms with Crippen molar-refractivity contribution in [1.82, 2.24) is 5.32 Å². The Balaban J connectivity index is 2.57. The van der Waals surface area contributed by atoms with Crippen LogP contribution >= 0.6 is 0 Å². The zero-order valence-electron chi connectivity index (χ0n) is 9.49. The van der Waals surface area contributed by atoms with Gasteiger partial charge in [0.15, 0.2) is 0 Å². The van der Waals surface area contributed by atoms with E-state index in [1.54, 1.807) is 0 Å². The summed E-state index contributed by atoms with van der Waals surface area (Å²) < 4.78 is 0. The monoisotopic (exact) mass is 220 g/mol. The predicted molar refractivity (Wildman–Crippen MR) is 62.8 cm³/mol. The van der Waals surface area contributed by atoms with E-state index in [0.29, 0.717) is 13.0 Å². The molecule has 0 saturated carbocycles. The van der Waals surface area contributed by atoms with Crippen LogP contribution in [-0.2, 0) is 16.1 Å². The molecule has 0 aliphatic rings. The second-order valence-electron chi connectivity index (χ2n) is 3.84. The zero-order chi connectivity index (χ0) is 12.0. The summed E-state index contributed by atoms with van der Waals surface area (Å²) in [5.74, 6) is -0.0322. The summed E-state index contributed by atoms with van der Waals surface area (Å²) in [5, 5.41) is 5.37. The summed E-state index contributed by atoms with van der Waals surface area (Å²) in [6.07, 6.45) is 0.661. The fourth-order valence-corrected chi connectivity index (χ4v) is 1.15. The second kappa shape index (κ2) is 5.90. The molecule has 1 rings (SSSR count). The van der Waals surface area contributed by atoms with Crippen molar-refractivity contribution in [3.8, 4) is 0 Å². The molecule has 0 radical (unpaired) electrons. The summed E-state index contributed by atoms with van der Waals surface area (Å²) in [5.41, 5.74) is 1.77. The fourth-order valence-electron chi connectivity index (χ4n) is 1.15. The second-order valence-corrected chi connectivity index (χ2v) is 3.84. The fraction of sp³-hybridized carbons (Fsp3) is 0.333. The van der Waals surface area contributed by atoms with Gasteiger partial charge in [0.1, 0.15) is 0 Å². The molecular weight excluding hydrogens is 204 g/mol. The van der Waals surface area contributed by atoms with Gasteiger partial charge in [0.25, 0.3) is 0 Å². The smallest absolute Gasteiger partial charge is 0.226 e. The van der Waals surface area contributed by atoms with Crippen molar-refractivity contribution in [1.29, 1.82) is 0 Å². The quantitative estimate of drug-likeness (QED) is 0.739. The van der Waals surface area contributed by atoms with Crippen molar-refractivity contribution in [2.45, 2.75) is 20.4 Å². The average molecular weight is 220 g/mol. The van der Waals surface area contributed by atoms with Crippen molar-refractivity contribution in [2.24, 2.45) is 5.92 Å². The number of hydrogen-bond donors (Lipinski definition) is 2. The van der Waals surface area contributed by atoms with E-state index in [4.69, 9.17) is 0 Å². The van der Waals surface area contributed by atoms with Crippen LogP contribution in [0.3, 0.4) is 0 Å². The summed E-state index contributed by atoms with van der Waals surface area (Å²) >= 11 is 0. The summed E-state index contributed by atoms with van der Waals surface area (Å²) in [4.78, 5) is 21.5. The minimum Gasteiger partial charge on any atom is -0.355 e. The molecule has 0 atom stereocenters. The number of carbonyl (C=O) groups is 2. The summed E-state index contributed by atoms with van der Waals surface area (Å²) in [6.45, 7) is 4.19. The van der Waals surface area contributed by atoms with Crippen LogP contribution in [-0.4, -0.2) is 12.3 Å². The standard InChI is InChI=1S/C12H16N2O2/c1-9(2)12(16)14-11-5-3-10(4-6-11)7-13-8-15/h3-6,8-9H,7H2,1-2H3,(H,13,15)(H,14,16). The van der Waals surface area contributed by atoms with Crippen LogP contribution in [0, 0.1) is 5.92 Å². The molecule has 2 N–H and O–H groups in total. The Labute approximate surface area is 95.0 Å². The lowest BCUT2D eigenvalue weighted by atomic mass is 10.1. The molecule has 86 valence electrons. The molecule has 0 unspecified atom stereocenters. The van der Waals surface area contributed by atoms with Gasteiger partial charge in [0.05, 0.1) is 0 Å². The van der Waals surface area contributed by atoms with E-state index in [2.05, 4.69) is 10.6 Å². The molecule has 16 heavy (non-hydrogen) atoms. The maximum atomic E-state index is 11.4. The van der Waals surface area contributed by atoms with Crippen molar-refractivity contribution in [2.75, 3.05) is 5.32 Å². The van der Waals surface area contributed by atoms with Gasteiger partial charge in [-0.3, -0.25) is 9.59 Å². The largest absolute Gasteiger partial charge is 0.355 e. The molecule has 0 aliphatic carbocycles. The highest BCUT2D eigenvalue weighted by Crippen LogP contribution is 2.10. The lowest BCUT2D eigenvalue weighted by Crippen LogP contribution is -2.17. The van der Waals surface area contributed by atoms with Gasteiger partial charge in [0, 0.05) is 18.2 Å². The highest BCUT2D eigenvalue weighted by Gasteiger charge is 2.06. The SMILES string of the molecule is CC(C)C(=O)Nc1ccc(CNC=O)cc1. The van der Waals surface area contributed by atoms with E-state index in [1.165, 1.54) is 0 Å². The molecular formula is C12H16N2O2. The molecule has 1 aromatic rings. The van der Waals surface area contributed by atoms with Gasteiger partial charge in [-0.1, -0.05) is 26.0 Å². The lowest BCUT2D eigenvalue weighted by molar-refractivity contribution is -0.118. The van der Waals surface area contributed by atoms with E-state index in [9.17, 15) is 9.59 Å². The zero-order valence-corrected chi connectivity index (χ0v) is 9.49. The molecule has 1 aromatic carbocycles. The Bertz CT molecular complexity index is 358. The minimum absolute atomic E-state index is 0.00114. The Morgan fingerprint density at radius 1 is 1.31 bits per heavy atom. The maximum Gasteiger partial charge on any atom is 0.226 e. The maximum absolute atomic E-state index is 11.4. The first-order valence-electron chi connectivity index (χ1n) is 5.20. The van der Waals surface area contributed by atoms with Crippen LogP contribution in [0.1, 0.15) is 19.4 Å². The molecule has 0 bridgehead atoms. The number of carbonyl (C=O) groups excluding carboxylic acids is 2. The van der Waals surface area contributed by atoms with Crippen molar-refractivity contribution < 1.29 is 9.59 Å². The molecule has 0 saturated heterocycles. The first-order chi connectivity index (χ1) is 7.63. The molecule has 2 amide bonds. The van der Waals surface area contributed by atoms with Gasteiger partial charge in [-0.15, -0.1) is 0 Å². The molecule has 0 aliphatic heterocycles. The minimum atomic E-state index is -0.0311. The Hall–Kier alpha value is -1.84. The van der Waals surface area contributed by atoms with E-state index in [0.717, 1.165) is 11.3 Å². The third-order valence-corrected chi connectivity index (χ3v) is 2.14. The summed E-state index contributed by atoms with van der Waals surface area (Å²) in [6, 6.07) is 7.38. The summed E-state index contributed by atoms with van der Waals surface area (Å²) in [7, 11) is 0. The van der Waals surface area contributed by atoms with E-state index in [-0.39, 0.29) is 11.8 Å². The number of benzene rings is 1. The van der Waals surface area contributed by atoms with Crippen LogP contribution < -0.4 is 10.6 Å². The topological polar surface area (TPSA) is 58.2 Å². The van der Waals surface area contributed by atoms with Gasteiger partial charge in [0.2, 0.25) is 12.3 Å². The molecule has 0 fully saturated rings. The molecule has 0 heterocycles. The van der Waals surface area contributed by atoms with E-state index >= 15 is 0 Å². The van der Waals surface area contributed by atoms with Crippen molar-refractivity contribution in [3.05, 3.63) is 29.8 Å². The highest BCUT2D eigenvalue weighted by atomic mass is 16.1. The van der Waals surface area contributed by atoms with E-state index < -0.39 is 0 Å². The number of nitrogens with one attached hydrogen (secondary N) is 2. The van der Waals surface area contributed by atoms with Gasteiger partial charge >= 0.3 is 0 Å². The first-order valence-corrected chi connectivity index (χ1v) is 5.20. The molecule has 0 aromatic heterocycles. The molecule has 0 spiro atoms. The van der Waals surface area contributed by atoms with Gasteiger partial charge < -0.3 is 10.6 Å². The van der Waals surface area contributed by atoms with Crippen molar-refractivity contribution >= 4 is 18.0 Å². The van der Waals surface area contributed by atoms with Gasteiger partial charge in [-0.05, 0) is 17.7 Å². The van der Waals surface area contributed by atoms with Crippen LogP contribution in [0.5, 0.6) is 0 Å². The average Bonchev–Trinajstić information content (AvgIpc) is 2.28. The van der Waals surface area contributed by atoms with Crippen LogP contribution in [0.15, 0.2) is 24.3 Å². The van der Waals surface area contributed by atoms with Crippen LogP contribution in [0.4, 0.5) is 5.69 Å². The molecule has 4 nitrogen and oxygen atoms in total. The van der Waals surface area contributed by atoms with Crippen LogP contribution in [0.2, 0.25) is 0 Å². The number of anilines is 1. The third-order valence-electron chi connectivity index (χ3n) is 2.14. The number of amides is 2. The number of rotatable bonds is 5. The van der Waals surface area contributed by atoms with Gasteiger partial charge in [-0.2, -0.15) is 0 Å². The Kier molecular flexibility index (Phi) is 4.51. The number of hydrogen-bond acceptors (Lipinski definition) is 2. The lowest BCUT2D eigenvalue weighted by Gasteiger charge is -2.08. The van der Waals surface area contributed by atoms with Crippen molar-refractivity contribution in [3.63, 3.8) is 0 Å². The Morgan fingerprint density at radius 3 is 2.44 bits per heavy atom. The molecule has 4 heteroatoms. The first kappa shape index (κ1) is 12.2. The van der Waals surface area contributed by atoms with Crippen LogP contribution in [0.25, 0.3) is 0 Å².